The molecule has 0 aliphatic heterocycles. The molecule has 4 N–H and O–H groups in total. The summed E-state index contributed by atoms with van der Waals surface area (Å²) >= 11 is 5.17. The molecule has 0 aliphatic carbocycles. The summed E-state index contributed by atoms with van der Waals surface area (Å²) in [6.45, 7) is 7.75. The van der Waals surface area contributed by atoms with Gasteiger partial charge in [-0.25, -0.2) is 0 Å². The van der Waals surface area contributed by atoms with E-state index in [1.54, 1.807) is 12.1 Å². The van der Waals surface area contributed by atoms with E-state index in [-0.39, 0.29) is 17.6 Å². The summed E-state index contributed by atoms with van der Waals surface area (Å²) in [6, 6.07) is 11.2. The van der Waals surface area contributed by atoms with Gasteiger partial charge in [0.1, 0.15) is 0 Å². The number of nitrogens with one attached hydrogen (secondary N) is 4. The van der Waals surface area contributed by atoms with Gasteiger partial charge < -0.3 is 10.6 Å². The molecule has 0 radical (unpaired) electrons. The summed E-state index contributed by atoms with van der Waals surface area (Å²) in [5.41, 5.74) is 10.8. The lowest BCUT2D eigenvalue weighted by molar-refractivity contribution is -0.120. The Balaban J connectivity index is 1.78. The van der Waals surface area contributed by atoms with Gasteiger partial charge >= 0.3 is 0 Å². The van der Waals surface area contributed by atoms with Crippen LogP contribution in [0, 0.1) is 27.7 Å². The molecule has 142 valence electrons. The number of carbonyl (C=O) groups is 2. The van der Waals surface area contributed by atoms with E-state index in [0.717, 1.165) is 27.9 Å². The Morgan fingerprint density at radius 1 is 0.926 bits per heavy atom. The van der Waals surface area contributed by atoms with Crippen molar-refractivity contribution in [3.8, 4) is 0 Å². The predicted octanol–water partition coefficient (Wildman–Crippen LogP) is 2.67. The van der Waals surface area contributed by atoms with E-state index in [9.17, 15) is 9.59 Å². The van der Waals surface area contributed by atoms with Gasteiger partial charge in [-0.2, -0.15) is 0 Å². The van der Waals surface area contributed by atoms with Crippen molar-refractivity contribution in [3.05, 3.63) is 64.2 Å². The van der Waals surface area contributed by atoms with Crippen LogP contribution in [0.15, 0.2) is 36.4 Å². The zero-order valence-electron chi connectivity index (χ0n) is 15.9. The largest absolute Gasteiger partial charge is 0.343 e. The van der Waals surface area contributed by atoms with Crippen LogP contribution in [0.2, 0.25) is 0 Å². The lowest BCUT2D eigenvalue weighted by Crippen LogP contribution is -2.47. The summed E-state index contributed by atoms with van der Waals surface area (Å²) in [5, 5.41) is 5.87. The number of hydrogen-bond acceptors (Lipinski definition) is 3. The first-order valence-corrected chi connectivity index (χ1v) is 8.96. The van der Waals surface area contributed by atoms with Crippen LogP contribution in [0.25, 0.3) is 0 Å². The molecule has 0 atom stereocenters. The third-order valence-corrected chi connectivity index (χ3v) is 4.55. The van der Waals surface area contributed by atoms with E-state index in [1.807, 2.05) is 52.0 Å². The topological polar surface area (TPSA) is 82.3 Å². The minimum Gasteiger partial charge on any atom is -0.343 e. The summed E-state index contributed by atoms with van der Waals surface area (Å²) < 4.78 is 0. The first-order valence-electron chi connectivity index (χ1n) is 8.55. The van der Waals surface area contributed by atoms with Crippen molar-refractivity contribution in [2.24, 2.45) is 0 Å². The van der Waals surface area contributed by atoms with E-state index in [2.05, 4.69) is 21.5 Å². The van der Waals surface area contributed by atoms with Crippen molar-refractivity contribution >= 4 is 34.8 Å². The first kappa shape index (κ1) is 20.4. The average molecular weight is 385 g/mol. The van der Waals surface area contributed by atoms with Gasteiger partial charge in [-0.3, -0.25) is 20.4 Å². The molecule has 2 aromatic carbocycles. The Kier molecular flexibility index (Phi) is 6.90. The monoisotopic (exact) mass is 384 g/mol. The Morgan fingerprint density at radius 2 is 1.67 bits per heavy atom. The first-order chi connectivity index (χ1) is 12.8. The summed E-state index contributed by atoms with van der Waals surface area (Å²) in [7, 11) is 0. The number of rotatable bonds is 4. The molecule has 0 heterocycles. The van der Waals surface area contributed by atoms with Gasteiger partial charge in [-0.1, -0.05) is 18.2 Å². The van der Waals surface area contributed by atoms with E-state index >= 15 is 0 Å². The molecule has 0 fully saturated rings. The molecule has 0 saturated carbocycles. The maximum Gasteiger partial charge on any atom is 0.257 e. The highest BCUT2D eigenvalue weighted by molar-refractivity contribution is 7.80. The molecule has 2 aromatic rings. The minimum absolute atomic E-state index is 0.162. The Hall–Kier alpha value is -2.93. The molecule has 2 amide bonds. The van der Waals surface area contributed by atoms with Crippen molar-refractivity contribution in [2.45, 2.75) is 27.7 Å². The highest BCUT2D eigenvalue weighted by Crippen LogP contribution is 2.17. The van der Waals surface area contributed by atoms with Crippen molar-refractivity contribution in [3.63, 3.8) is 0 Å². The molecular weight excluding hydrogens is 360 g/mol. The van der Waals surface area contributed by atoms with Crippen molar-refractivity contribution in [2.75, 3.05) is 11.9 Å². The number of aryl methyl sites for hydroxylation is 3. The van der Waals surface area contributed by atoms with Crippen LogP contribution in [0.5, 0.6) is 0 Å². The van der Waals surface area contributed by atoms with E-state index in [1.165, 1.54) is 0 Å². The van der Waals surface area contributed by atoms with Crippen molar-refractivity contribution in [1.29, 1.82) is 0 Å². The Morgan fingerprint density at radius 3 is 2.37 bits per heavy atom. The number of carbonyl (C=O) groups excluding carboxylic acids is 2. The fourth-order valence-electron chi connectivity index (χ4n) is 2.36. The predicted molar refractivity (Wildman–Crippen MR) is 112 cm³/mol. The van der Waals surface area contributed by atoms with Gasteiger partial charge in [-0.05, 0) is 80.4 Å². The number of amides is 2. The van der Waals surface area contributed by atoms with Crippen molar-refractivity contribution in [1.82, 2.24) is 16.2 Å². The molecule has 2 rings (SSSR count). The van der Waals surface area contributed by atoms with Gasteiger partial charge in [0.2, 0.25) is 0 Å². The fourth-order valence-corrected chi connectivity index (χ4v) is 2.52. The second-order valence-corrected chi connectivity index (χ2v) is 6.76. The van der Waals surface area contributed by atoms with E-state index in [4.69, 9.17) is 12.2 Å². The smallest absolute Gasteiger partial charge is 0.257 e. The minimum atomic E-state index is -0.405. The maximum atomic E-state index is 12.1. The van der Waals surface area contributed by atoms with Gasteiger partial charge in [0.25, 0.3) is 11.8 Å². The van der Waals surface area contributed by atoms with Gasteiger partial charge in [-0.15, -0.1) is 0 Å². The molecule has 0 unspecified atom stereocenters. The second kappa shape index (κ2) is 9.14. The number of benzene rings is 2. The average Bonchev–Trinajstić information content (AvgIpc) is 2.64. The fraction of sp³-hybridized carbons (Fsp3) is 0.250. The van der Waals surface area contributed by atoms with Gasteiger partial charge in [0.05, 0.1) is 6.54 Å². The Bertz CT molecular complexity index is 880. The standard InChI is InChI=1S/C20H24N4O2S/c1-12-8-9-16(10-14(12)3)19(26)21-11-18(25)23-24-20(27)22-17-7-5-6-13(2)15(17)4/h5-10H,11H2,1-4H3,(H,21,26)(H,23,25)(H2,22,24,27). The summed E-state index contributed by atoms with van der Waals surface area (Å²) in [4.78, 5) is 24.0. The zero-order chi connectivity index (χ0) is 20.0. The third kappa shape index (κ3) is 5.79. The quantitative estimate of drug-likeness (QED) is 0.481. The van der Waals surface area contributed by atoms with Crippen LogP contribution in [-0.4, -0.2) is 23.5 Å². The molecule has 27 heavy (non-hydrogen) atoms. The molecule has 0 saturated heterocycles. The van der Waals surface area contributed by atoms with Crippen LogP contribution >= 0.6 is 12.2 Å². The number of hydrogen-bond donors (Lipinski definition) is 4. The van der Waals surface area contributed by atoms with E-state index < -0.39 is 5.91 Å². The number of anilines is 1. The van der Waals surface area contributed by atoms with Crippen molar-refractivity contribution < 1.29 is 9.59 Å². The lowest BCUT2D eigenvalue weighted by Gasteiger charge is -2.14. The highest BCUT2D eigenvalue weighted by atomic mass is 32.1. The Labute approximate surface area is 164 Å². The van der Waals surface area contributed by atoms with E-state index in [0.29, 0.717) is 5.56 Å². The zero-order valence-corrected chi connectivity index (χ0v) is 16.7. The molecule has 6 nitrogen and oxygen atoms in total. The van der Waals surface area contributed by atoms with Gasteiger partial charge in [0.15, 0.2) is 5.11 Å². The molecule has 0 bridgehead atoms. The van der Waals surface area contributed by atoms with Crippen LogP contribution in [0.1, 0.15) is 32.6 Å². The summed E-state index contributed by atoms with van der Waals surface area (Å²) in [5.74, 6) is -0.707. The highest BCUT2D eigenvalue weighted by Gasteiger charge is 2.09. The molecule has 0 spiro atoms. The molecule has 0 aromatic heterocycles. The van der Waals surface area contributed by atoms with Crippen LogP contribution in [-0.2, 0) is 4.79 Å². The maximum absolute atomic E-state index is 12.1. The number of hydrazine groups is 1. The normalized spacial score (nSPS) is 10.1. The SMILES string of the molecule is Cc1ccc(C(=O)NCC(=O)NNC(=S)Nc2cccc(C)c2C)cc1C. The van der Waals surface area contributed by atoms with Crippen LogP contribution in [0.4, 0.5) is 5.69 Å². The molecular formula is C20H24N4O2S. The van der Waals surface area contributed by atoms with Gasteiger partial charge in [0, 0.05) is 11.3 Å². The van der Waals surface area contributed by atoms with Crippen LogP contribution < -0.4 is 21.5 Å². The summed E-state index contributed by atoms with van der Waals surface area (Å²) in [6.07, 6.45) is 0. The molecule has 0 aliphatic rings. The van der Waals surface area contributed by atoms with Crippen LogP contribution in [0.3, 0.4) is 0 Å². The third-order valence-electron chi connectivity index (χ3n) is 4.35. The lowest BCUT2D eigenvalue weighted by atomic mass is 10.1. The number of thiocarbonyl (C=S) groups is 1. The molecule has 7 heteroatoms. The second-order valence-electron chi connectivity index (χ2n) is 6.36.